The third-order valence-corrected chi connectivity index (χ3v) is 4.30. The molecular formula is C20H10F6N2. The Balaban J connectivity index is 2.00. The summed E-state index contributed by atoms with van der Waals surface area (Å²) in [6.07, 6.45) is -4.90. The molecule has 0 radical (unpaired) electrons. The molecular weight excluding hydrogens is 382 g/mol. The van der Waals surface area contributed by atoms with Crippen LogP contribution in [0.2, 0.25) is 0 Å². The molecule has 0 aliphatic rings. The zero-order chi connectivity index (χ0) is 20.1. The summed E-state index contributed by atoms with van der Waals surface area (Å²) < 4.78 is 81.3. The van der Waals surface area contributed by atoms with Crippen LogP contribution in [-0.2, 0) is 6.30 Å². The van der Waals surface area contributed by atoms with Crippen molar-refractivity contribution >= 4 is 10.8 Å². The predicted octanol–water partition coefficient (Wildman–Crippen LogP) is 6.26. The molecule has 0 amide bonds. The number of hydrogen-bond donors (Lipinski definition) is 0. The Morgan fingerprint density at radius 2 is 1.39 bits per heavy atom. The lowest BCUT2D eigenvalue weighted by Crippen LogP contribution is -2.19. The fourth-order valence-corrected chi connectivity index (χ4v) is 3.07. The number of nitrogens with zero attached hydrogens (tertiary/aromatic N) is 2. The Morgan fingerprint density at radius 1 is 0.714 bits per heavy atom. The van der Waals surface area contributed by atoms with E-state index < -0.39 is 35.0 Å². The number of benzene rings is 3. The van der Waals surface area contributed by atoms with Crippen LogP contribution in [0, 0.1) is 17.5 Å². The summed E-state index contributed by atoms with van der Waals surface area (Å²) in [6, 6.07) is 13.4. The highest BCUT2D eigenvalue weighted by Crippen LogP contribution is 2.37. The second-order valence-electron chi connectivity index (χ2n) is 6.07. The van der Waals surface area contributed by atoms with Gasteiger partial charge in [0.05, 0.1) is 11.4 Å². The quantitative estimate of drug-likeness (QED) is 0.291. The lowest BCUT2D eigenvalue weighted by Gasteiger charge is -2.12. The third-order valence-electron chi connectivity index (χ3n) is 4.30. The average Bonchev–Trinajstić information content (AvgIpc) is 3.09. The Kier molecular flexibility index (Phi) is 4.14. The monoisotopic (exact) mass is 392 g/mol. The van der Waals surface area contributed by atoms with E-state index in [9.17, 15) is 26.3 Å². The van der Waals surface area contributed by atoms with Crippen LogP contribution >= 0.6 is 0 Å². The number of aromatic nitrogens is 2. The number of hydrogen-bond acceptors (Lipinski definition) is 1. The molecule has 0 unspecified atom stereocenters. The maximum absolute atomic E-state index is 14.1. The number of fused-ring (bicyclic) bond motifs is 1. The van der Waals surface area contributed by atoms with Gasteiger partial charge in [0.25, 0.3) is 0 Å². The molecule has 8 heteroatoms. The average molecular weight is 392 g/mol. The van der Waals surface area contributed by atoms with Crippen molar-refractivity contribution in [3.63, 3.8) is 0 Å². The molecule has 0 bridgehead atoms. The van der Waals surface area contributed by atoms with Crippen LogP contribution in [0.3, 0.4) is 0 Å². The molecule has 0 N–H and O–H groups in total. The lowest BCUT2D eigenvalue weighted by atomic mass is 10.0. The Hall–Kier alpha value is -3.29. The Bertz CT molecular complexity index is 1190. The van der Waals surface area contributed by atoms with Crippen LogP contribution in [0.1, 0.15) is 0 Å². The van der Waals surface area contributed by atoms with Crippen LogP contribution in [0.5, 0.6) is 0 Å². The molecule has 0 atom stereocenters. The fourth-order valence-electron chi connectivity index (χ4n) is 3.07. The van der Waals surface area contributed by atoms with Gasteiger partial charge in [-0.3, -0.25) is 0 Å². The van der Waals surface area contributed by atoms with Gasteiger partial charge in [0.1, 0.15) is 5.82 Å². The maximum Gasteiger partial charge on any atom is 0.505 e. The second-order valence-corrected chi connectivity index (χ2v) is 6.07. The molecule has 1 aromatic heterocycles. The molecule has 4 rings (SSSR count). The molecule has 4 aromatic rings. The summed E-state index contributed by atoms with van der Waals surface area (Å²) in [4.78, 5) is 0. The lowest BCUT2D eigenvalue weighted by molar-refractivity contribution is -0.210. The number of alkyl halides is 3. The Labute approximate surface area is 154 Å². The van der Waals surface area contributed by atoms with Gasteiger partial charge in [-0.15, -0.1) is 13.2 Å². The molecule has 0 aliphatic heterocycles. The molecule has 0 saturated carbocycles. The van der Waals surface area contributed by atoms with E-state index in [0.29, 0.717) is 16.8 Å². The molecule has 2 nitrogen and oxygen atoms in total. The van der Waals surface area contributed by atoms with Crippen molar-refractivity contribution in [1.29, 1.82) is 0 Å². The van der Waals surface area contributed by atoms with Gasteiger partial charge < -0.3 is 0 Å². The number of rotatable bonds is 2. The highest BCUT2D eigenvalue weighted by atomic mass is 19.4. The van der Waals surface area contributed by atoms with E-state index in [1.54, 1.807) is 36.4 Å². The van der Waals surface area contributed by atoms with E-state index in [1.807, 2.05) is 0 Å². The van der Waals surface area contributed by atoms with Crippen LogP contribution < -0.4 is 0 Å². The minimum absolute atomic E-state index is 0.204. The predicted molar refractivity (Wildman–Crippen MR) is 91.8 cm³/mol. The highest BCUT2D eigenvalue weighted by Gasteiger charge is 2.36. The van der Waals surface area contributed by atoms with E-state index in [0.717, 1.165) is 6.07 Å². The maximum atomic E-state index is 14.1. The van der Waals surface area contributed by atoms with Crippen LogP contribution in [0.25, 0.3) is 33.3 Å². The van der Waals surface area contributed by atoms with E-state index in [2.05, 4.69) is 5.10 Å². The van der Waals surface area contributed by atoms with Crippen molar-refractivity contribution in [2.75, 3.05) is 0 Å². The van der Waals surface area contributed by atoms with Crippen LogP contribution in [-0.4, -0.2) is 9.78 Å². The molecule has 0 spiro atoms. The van der Waals surface area contributed by atoms with E-state index in [-0.39, 0.29) is 22.0 Å². The van der Waals surface area contributed by atoms with Gasteiger partial charge in [-0.2, -0.15) is 9.78 Å². The minimum Gasteiger partial charge on any atom is -0.206 e. The molecule has 3 aromatic carbocycles. The van der Waals surface area contributed by atoms with Gasteiger partial charge in [0, 0.05) is 17.2 Å². The summed E-state index contributed by atoms with van der Waals surface area (Å²) in [5.41, 5.74) is -1.15. The first-order valence-corrected chi connectivity index (χ1v) is 8.06. The highest BCUT2D eigenvalue weighted by molar-refractivity contribution is 5.96. The first-order valence-electron chi connectivity index (χ1n) is 8.06. The summed E-state index contributed by atoms with van der Waals surface area (Å²) in [7, 11) is 0. The zero-order valence-corrected chi connectivity index (χ0v) is 13.9. The molecule has 142 valence electrons. The van der Waals surface area contributed by atoms with Gasteiger partial charge in [-0.05, 0) is 22.9 Å². The van der Waals surface area contributed by atoms with Gasteiger partial charge >= 0.3 is 6.30 Å². The fraction of sp³-hybridized carbons (Fsp3) is 0.0500. The van der Waals surface area contributed by atoms with Crippen molar-refractivity contribution in [3.8, 4) is 22.5 Å². The Morgan fingerprint density at radius 3 is 2.14 bits per heavy atom. The second kappa shape index (κ2) is 6.40. The molecule has 0 saturated heterocycles. The van der Waals surface area contributed by atoms with Crippen molar-refractivity contribution < 1.29 is 26.3 Å². The summed E-state index contributed by atoms with van der Waals surface area (Å²) in [5.74, 6) is -4.04. The summed E-state index contributed by atoms with van der Waals surface area (Å²) in [6.45, 7) is 0. The van der Waals surface area contributed by atoms with E-state index in [4.69, 9.17) is 0 Å². The van der Waals surface area contributed by atoms with Gasteiger partial charge in [0.2, 0.25) is 0 Å². The van der Waals surface area contributed by atoms with Crippen molar-refractivity contribution in [2.24, 2.45) is 0 Å². The number of halogens is 6. The van der Waals surface area contributed by atoms with Gasteiger partial charge in [-0.25, -0.2) is 13.2 Å². The summed E-state index contributed by atoms with van der Waals surface area (Å²) in [5, 5.41) is 4.67. The SMILES string of the molecule is Fc1cc(F)c(-c2cc(-c3cccc4ccccc34)n(C(F)(F)F)n2)cc1F. The van der Waals surface area contributed by atoms with Crippen molar-refractivity contribution in [2.45, 2.75) is 6.30 Å². The van der Waals surface area contributed by atoms with Crippen LogP contribution in [0.4, 0.5) is 26.3 Å². The van der Waals surface area contributed by atoms with Gasteiger partial charge in [-0.1, -0.05) is 42.5 Å². The largest absolute Gasteiger partial charge is 0.505 e. The van der Waals surface area contributed by atoms with E-state index >= 15 is 0 Å². The zero-order valence-electron chi connectivity index (χ0n) is 13.9. The topological polar surface area (TPSA) is 17.8 Å². The van der Waals surface area contributed by atoms with E-state index in [1.165, 1.54) is 6.07 Å². The molecule has 28 heavy (non-hydrogen) atoms. The standard InChI is InChI=1S/C20H10F6N2/c21-15-9-17(23)16(22)8-14(15)18-10-19(28(27-18)20(24,25)26)13-7-3-5-11-4-1-2-6-12(11)13/h1-10H. The first-order chi connectivity index (χ1) is 13.3. The smallest absolute Gasteiger partial charge is 0.206 e. The molecule has 1 heterocycles. The van der Waals surface area contributed by atoms with Gasteiger partial charge in [0.15, 0.2) is 11.6 Å². The molecule has 0 fully saturated rings. The molecule has 0 aliphatic carbocycles. The first kappa shape index (κ1) is 18.1. The van der Waals surface area contributed by atoms with Crippen molar-refractivity contribution in [1.82, 2.24) is 9.78 Å². The van der Waals surface area contributed by atoms with Crippen molar-refractivity contribution in [3.05, 3.63) is 78.1 Å². The van der Waals surface area contributed by atoms with Crippen LogP contribution in [0.15, 0.2) is 60.7 Å². The minimum atomic E-state index is -4.90. The summed E-state index contributed by atoms with van der Waals surface area (Å²) >= 11 is 0. The third kappa shape index (κ3) is 3.00. The normalized spacial score (nSPS) is 11.9.